The standard InChI is InChI=1S/C16H13N3S/c1-3-7-13(8-4-1)11-17-19-16-18-15(12-20-16)14-9-5-2-6-10-14/h1-12H,(H,18,19). The second kappa shape index (κ2) is 6.12. The molecular weight excluding hydrogens is 266 g/mol. The molecule has 0 aliphatic heterocycles. The Balaban J connectivity index is 1.68. The SMILES string of the molecule is C(=NNc1nc(-c2ccccc2)cs1)c1ccccc1. The first-order valence-corrected chi connectivity index (χ1v) is 7.15. The number of hydrazone groups is 1. The summed E-state index contributed by atoms with van der Waals surface area (Å²) in [6.07, 6.45) is 1.78. The maximum atomic E-state index is 4.51. The van der Waals surface area contributed by atoms with Crippen LogP contribution < -0.4 is 5.43 Å². The molecule has 3 nitrogen and oxygen atoms in total. The van der Waals surface area contributed by atoms with Crippen LogP contribution in [0.2, 0.25) is 0 Å². The molecule has 0 bridgehead atoms. The summed E-state index contributed by atoms with van der Waals surface area (Å²) in [7, 11) is 0. The summed E-state index contributed by atoms with van der Waals surface area (Å²) in [5.74, 6) is 0. The van der Waals surface area contributed by atoms with Crippen LogP contribution in [0.15, 0.2) is 71.1 Å². The largest absolute Gasteiger partial charge is 0.253 e. The van der Waals surface area contributed by atoms with Crippen LogP contribution in [0.25, 0.3) is 11.3 Å². The molecule has 0 aliphatic rings. The molecule has 0 saturated heterocycles. The molecule has 0 unspecified atom stereocenters. The smallest absolute Gasteiger partial charge is 0.203 e. The van der Waals surface area contributed by atoms with Crippen molar-refractivity contribution < 1.29 is 0 Å². The van der Waals surface area contributed by atoms with Crippen LogP contribution in [0, 0.1) is 0 Å². The fourth-order valence-electron chi connectivity index (χ4n) is 1.77. The van der Waals surface area contributed by atoms with Gasteiger partial charge >= 0.3 is 0 Å². The molecule has 1 N–H and O–H groups in total. The van der Waals surface area contributed by atoms with Gasteiger partial charge in [-0.25, -0.2) is 4.98 Å². The van der Waals surface area contributed by atoms with Gasteiger partial charge in [0.2, 0.25) is 5.13 Å². The number of hydrogen-bond donors (Lipinski definition) is 1. The third-order valence-electron chi connectivity index (χ3n) is 2.75. The molecule has 3 aromatic rings. The molecule has 0 fully saturated rings. The minimum absolute atomic E-state index is 0.788. The fourth-order valence-corrected chi connectivity index (χ4v) is 2.44. The molecule has 0 atom stereocenters. The lowest BCUT2D eigenvalue weighted by molar-refractivity contribution is 1.29. The van der Waals surface area contributed by atoms with Gasteiger partial charge in [0.05, 0.1) is 11.9 Å². The van der Waals surface area contributed by atoms with Gasteiger partial charge in [-0.15, -0.1) is 11.3 Å². The summed E-state index contributed by atoms with van der Waals surface area (Å²) >= 11 is 1.54. The van der Waals surface area contributed by atoms with Crippen LogP contribution in [0.3, 0.4) is 0 Å². The average Bonchev–Trinajstić information content (AvgIpc) is 2.98. The maximum Gasteiger partial charge on any atom is 0.203 e. The van der Waals surface area contributed by atoms with Crippen molar-refractivity contribution in [2.45, 2.75) is 0 Å². The number of thiazole rings is 1. The van der Waals surface area contributed by atoms with Crippen molar-refractivity contribution in [3.63, 3.8) is 0 Å². The molecule has 1 aromatic heterocycles. The fraction of sp³-hybridized carbons (Fsp3) is 0. The Bertz CT molecular complexity index is 690. The number of hydrogen-bond acceptors (Lipinski definition) is 4. The van der Waals surface area contributed by atoms with Gasteiger partial charge in [-0.2, -0.15) is 5.10 Å². The molecule has 98 valence electrons. The third-order valence-corrected chi connectivity index (χ3v) is 3.49. The number of anilines is 1. The van der Waals surface area contributed by atoms with E-state index in [1.165, 1.54) is 0 Å². The lowest BCUT2D eigenvalue weighted by Crippen LogP contribution is -1.89. The van der Waals surface area contributed by atoms with E-state index in [1.54, 1.807) is 17.6 Å². The summed E-state index contributed by atoms with van der Waals surface area (Å²) < 4.78 is 0. The number of nitrogens with one attached hydrogen (secondary N) is 1. The zero-order valence-corrected chi connectivity index (χ0v) is 11.5. The molecule has 20 heavy (non-hydrogen) atoms. The zero-order chi connectivity index (χ0) is 13.6. The minimum atomic E-state index is 0.788. The summed E-state index contributed by atoms with van der Waals surface area (Å²) in [4.78, 5) is 4.51. The van der Waals surface area contributed by atoms with E-state index in [0.717, 1.165) is 22.0 Å². The van der Waals surface area contributed by atoms with Crippen molar-refractivity contribution in [1.82, 2.24) is 4.98 Å². The number of nitrogens with zero attached hydrogens (tertiary/aromatic N) is 2. The van der Waals surface area contributed by atoms with E-state index in [1.807, 2.05) is 66.0 Å². The first-order chi connectivity index (χ1) is 9.92. The quantitative estimate of drug-likeness (QED) is 0.572. The van der Waals surface area contributed by atoms with E-state index in [9.17, 15) is 0 Å². The summed E-state index contributed by atoms with van der Waals surface area (Å²) in [5.41, 5.74) is 6.10. The van der Waals surface area contributed by atoms with Crippen molar-refractivity contribution in [2.24, 2.45) is 5.10 Å². The molecule has 2 aromatic carbocycles. The van der Waals surface area contributed by atoms with Crippen molar-refractivity contribution in [2.75, 3.05) is 5.43 Å². The summed E-state index contributed by atoms with van der Waals surface area (Å²) in [6.45, 7) is 0. The van der Waals surface area contributed by atoms with E-state index in [-0.39, 0.29) is 0 Å². The average molecular weight is 279 g/mol. The normalized spacial score (nSPS) is 10.8. The van der Waals surface area contributed by atoms with Gasteiger partial charge in [-0.05, 0) is 5.56 Å². The highest BCUT2D eigenvalue weighted by atomic mass is 32.1. The number of benzene rings is 2. The molecule has 0 spiro atoms. The van der Waals surface area contributed by atoms with E-state index in [4.69, 9.17) is 0 Å². The van der Waals surface area contributed by atoms with Crippen LogP contribution in [-0.2, 0) is 0 Å². The monoisotopic (exact) mass is 279 g/mol. The predicted octanol–water partition coefficient (Wildman–Crippen LogP) is 4.26. The van der Waals surface area contributed by atoms with Crippen molar-refractivity contribution in [3.05, 3.63) is 71.6 Å². The van der Waals surface area contributed by atoms with E-state index >= 15 is 0 Å². The first-order valence-electron chi connectivity index (χ1n) is 6.27. The predicted molar refractivity (Wildman–Crippen MR) is 85.2 cm³/mol. The summed E-state index contributed by atoms with van der Waals surface area (Å²) in [6, 6.07) is 20.1. The second-order valence-electron chi connectivity index (χ2n) is 4.18. The number of rotatable bonds is 4. The molecule has 3 rings (SSSR count). The van der Waals surface area contributed by atoms with E-state index < -0.39 is 0 Å². The van der Waals surface area contributed by atoms with Gasteiger partial charge in [0.15, 0.2) is 0 Å². The highest BCUT2D eigenvalue weighted by Gasteiger charge is 2.02. The lowest BCUT2D eigenvalue weighted by atomic mass is 10.2. The topological polar surface area (TPSA) is 37.3 Å². The van der Waals surface area contributed by atoms with Gasteiger partial charge in [-0.3, -0.25) is 5.43 Å². The van der Waals surface area contributed by atoms with Gasteiger partial charge in [0.1, 0.15) is 0 Å². The molecule has 0 saturated carbocycles. The van der Waals surface area contributed by atoms with Crippen molar-refractivity contribution >= 4 is 22.7 Å². The molecular formula is C16H13N3S. The Kier molecular flexibility index (Phi) is 3.85. The van der Waals surface area contributed by atoms with Crippen LogP contribution in [0.5, 0.6) is 0 Å². The maximum absolute atomic E-state index is 4.51. The third kappa shape index (κ3) is 3.10. The Morgan fingerprint density at radius 2 is 1.65 bits per heavy atom. The highest BCUT2D eigenvalue weighted by Crippen LogP contribution is 2.24. The van der Waals surface area contributed by atoms with Crippen LogP contribution in [0.4, 0.5) is 5.13 Å². The van der Waals surface area contributed by atoms with Crippen LogP contribution in [0.1, 0.15) is 5.56 Å². The molecule has 0 radical (unpaired) electrons. The molecule has 0 aliphatic carbocycles. The first kappa shape index (κ1) is 12.6. The van der Waals surface area contributed by atoms with Gasteiger partial charge < -0.3 is 0 Å². The second-order valence-corrected chi connectivity index (χ2v) is 5.04. The Labute approximate surface area is 121 Å². The zero-order valence-electron chi connectivity index (χ0n) is 10.7. The lowest BCUT2D eigenvalue weighted by Gasteiger charge is -1.95. The Hall–Kier alpha value is -2.46. The van der Waals surface area contributed by atoms with Crippen LogP contribution >= 0.6 is 11.3 Å². The minimum Gasteiger partial charge on any atom is -0.253 e. The highest BCUT2D eigenvalue weighted by molar-refractivity contribution is 7.14. The Morgan fingerprint density at radius 1 is 0.950 bits per heavy atom. The van der Waals surface area contributed by atoms with E-state index in [0.29, 0.717) is 0 Å². The Morgan fingerprint density at radius 3 is 2.40 bits per heavy atom. The van der Waals surface area contributed by atoms with Crippen molar-refractivity contribution in [3.8, 4) is 11.3 Å². The summed E-state index contributed by atoms with van der Waals surface area (Å²) in [5, 5.41) is 7.00. The molecule has 1 heterocycles. The molecule has 4 heteroatoms. The van der Waals surface area contributed by atoms with Gasteiger partial charge in [0.25, 0.3) is 0 Å². The van der Waals surface area contributed by atoms with Gasteiger partial charge in [0, 0.05) is 10.9 Å². The van der Waals surface area contributed by atoms with Crippen LogP contribution in [-0.4, -0.2) is 11.2 Å². The van der Waals surface area contributed by atoms with Crippen molar-refractivity contribution in [1.29, 1.82) is 0 Å². The van der Waals surface area contributed by atoms with E-state index in [2.05, 4.69) is 15.5 Å². The number of aromatic nitrogens is 1. The molecule has 0 amide bonds. The van der Waals surface area contributed by atoms with Gasteiger partial charge in [-0.1, -0.05) is 60.7 Å².